The Morgan fingerprint density at radius 1 is 1.19 bits per heavy atom. The Bertz CT molecular complexity index is 700. The lowest BCUT2D eigenvalue weighted by molar-refractivity contribution is -0.157. The van der Waals surface area contributed by atoms with Crippen LogP contribution in [-0.4, -0.2) is 66.3 Å². The standard InChI is InChI=1S/C20H27N3O4/c24-18(23-12-16-13-27-10-7-20(16,14-23)19(25)26)15-5-6-17(21-11-15)22-8-3-1-2-4-9-22/h5-6,11,16H,1-4,7-10,12-14H2,(H,25,26)/t16-,20+/m0/s1. The van der Waals surface area contributed by atoms with Gasteiger partial charge in [-0.05, 0) is 31.4 Å². The number of aliphatic carboxylic acids is 1. The molecule has 3 saturated heterocycles. The molecule has 4 heterocycles. The second-order valence-corrected chi connectivity index (χ2v) is 7.98. The first-order chi connectivity index (χ1) is 13.1. The highest BCUT2D eigenvalue weighted by Gasteiger charge is 2.54. The summed E-state index contributed by atoms with van der Waals surface area (Å²) >= 11 is 0. The number of likely N-dealkylation sites (tertiary alicyclic amines) is 1. The zero-order chi connectivity index (χ0) is 18.9. The van der Waals surface area contributed by atoms with Crippen LogP contribution in [0.25, 0.3) is 0 Å². The normalized spacial score (nSPS) is 28.5. The number of carbonyl (C=O) groups excluding carboxylic acids is 1. The highest BCUT2D eigenvalue weighted by Crippen LogP contribution is 2.42. The van der Waals surface area contributed by atoms with Gasteiger partial charge in [0.05, 0.1) is 17.6 Å². The Kier molecular flexibility index (Phi) is 5.04. The van der Waals surface area contributed by atoms with Crippen LogP contribution in [0.5, 0.6) is 0 Å². The first-order valence-electron chi connectivity index (χ1n) is 9.91. The van der Waals surface area contributed by atoms with Gasteiger partial charge in [0.15, 0.2) is 0 Å². The lowest BCUT2D eigenvalue weighted by Gasteiger charge is -2.33. The van der Waals surface area contributed by atoms with Crippen LogP contribution in [0, 0.1) is 11.3 Å². The molecule has 27 heavy (non-hydrogen) atoms. The molecule has 3 fully saturated rings. The van der Waals surface area contributed by atoms with Crippen molar-refractivity contribution in [2.24, 2.45) is 11.3 Å². The largest absolute Gasteiger partial charge is 0.481 e. The van der Waals surface area contributed by atoms with Crippen LogP contribution in [0.3, 0.4) is 0 Å². The summed E-state index contributed by atoms with van der Waals surface area (Å²) < 4.78 is 5.47. The number of aromatic nitrogens is 1. The molecule has 0 saturated carbocycles. The van der Waals surface area contributed by atoms with Crippen LogP contribution in [0.15, 0.2) is 18.3 Å². The average molecular weight is 373 g/mol. The van der Waals surface area contributed by atoms with Gasteiger partial charge < -0.3 is 19.6 Å². The minimum absolute atomic E-state index is 0.139. The van der Waals surface area contributed by atoms with Gasteiger partial charge in [-0.25, -0.2) is 4.98 Å². The molecular weight excluding hydrogens is 346 g/mol. The molecule has 0 unspecified atom stereocenters. The number of hydrogen-bond donors (Lipinski definition) is 1. The highest BCUT2D eigenvalue weighted by molar-refractivity contribution is 5.95. The quantitative estimate of drug-likeness (QED) is 0.873. The van der Waals surface area contributed by atoms with Gasteiger partial charge in [0.25, 0.3) is 5.91 Å². The number of rotatable bonds is 3. The minimum Gasteiger partial charge on any atom is -0.481 e. The summed E-state index contributed by atoms with van der Waals surface area (Å²) in [5.41, 5.74) is -0.346. The van der Waals surface area contributed by atoms with Crippen molar-refractivity contribution in [3.8, 4) is 0 Å². The number of ether oxygens (including phenoxy) is 1. The van der Waals surface area contributed by atoms with E-state index in [1.165, 1.54) is 25.7 Å². The Morgan fingerprint density at radius 3 is 2.59 bits per heavy atom. The minimum atomic E-state index is -0.868. The number of pyridine rings is 1. The van der Waals surface area contributed by atoms with Crippen LogP contribution in [-0.2, 0) is 9.53 Å². The Morgan fingerprint density at radius 2 is 1.96 bits per heavy atom. The van der Waals surface area contributed by atoms with Gasteiger partial charge >= 0.3 is 5.97 Å². The summed E-state index contributed by atoms with van der Waals surface area (Å²) in [6, 6.07) is 3.74. The van der Waals surface area contributed by atoms with Crippen molar-refractivity contribution >= 4 is 17.7 Å². The molecular formula is C20H27N3O4. The molecule has 0 radical (unpaired) electrons. The fraction of sp³-hybridized carbons (Fsp3) is 0.650. The van der Waals surface area contributed by atoms with E-state index in [1.54, 1.807) is 11.1 Å². The van der Waals surface area contributed by atoms with Gasteiger partial charge in [0.2, 0.25) is 0 Å². The van der Waals surface area contributed by atoms with E-state index < -0.39 is 11.4 Å². The number of carboxylic acid groups (broad SMARTS) is 1. The lowest BCUT2D eigenvalue weighted by Crippen LogP contribution is -2.45. The number of amides is 1. The molecule has 4 rings (SSSR count). The molecule has 0 bridgehead atoms. The average Bonchev–Trinajstić information content (AvgIpc) is 2.89. The second kappa shape index (κ2) is 7.46. The molecule has 1 aromatic heterocycles. The zero-order valence-corrected chi connectivity index (χ0v) is 15.6. The predicted molar refractivity (Wildman–Crippen MR) is 99.8 cm³/mol. The third-order valence-corrected chi connectivity index (χ3v) is 6.34. The SMILES string of the molecule is O=C(c1ccc(N2CCCCCC2)nc1)N1C[C@H]2COCC[C@@]2(C(=O)O)C1. The maximum atomic E-state index is 12.9. The molecule has 3 aliphatic heterocycles. The van der Waals surface area contributed by atoms with Gasteiger partial charge in [0, 0.05) is 44.9 Å². The molecule has 0 aromatic carbocycles. The van der Waals surface area contributed by atoms with E-state index in [1.807, 2.05) is 12.1 Å². The third-order valence-electron chi connectivity index (χ3n) is 6.34. The number of nitrogens with zero attached hydrogens (tertiary/aromatic N) is 3. The summed E-state index contributed by atoms with van der Waals surface area (Å²) in [6.07, 6.45) is 6.97. The summed E-state index contributed by atoms with van der Waals surface area (Å²) in [6.45, 7) is 3.55. The van der Waals surface area contributed by atoms with Crippen LogP contribution in [0.4, 0.5) is 5.82 Å². The van der Waals surface area contributed by atoms with E-state index in [2.05, 4.69) is 9.88 Å². The Labute approximate surface area is 159 Å². The summed E-state index contributed by atoms with van der Waals surface area (Å²) in [4.78, 5) is 33.3. The molecule has 3 aliphatic rings. The molecule has 0 aliphatic carbocycles. The van der Waals surface area contributed by atoms with Crippen molar-refractivity contribution < 1.29 is 19.4 Å². The van der Waals surface area contributed by atoms with Gasteiger partial charge in [-0.15, -0.1) is 0 Å². The monoisotopic (exact) mass is 373 g/mol. The number of carboxylic acids is 1. The van der Waals surface area contributed by atoms with E-state index in [-0.39, 0.29) is 18.4 Å². The smallest absolute Gasteiger partial charge is 0.311 e. The van der Waals surface area contributed by atoms with Crippen LogP contribution < -0.4 is 4.90 Å². The van der Waals surface area contributed by atoms with Crippen molar-refractivity contribution in [3.63, 3.8) is 0 Å². The van der Waals surface area contributed by atoms with E-state index in [9.17, 15) is 14.7 Å². The maximum absolute atomic E-state index is 12.9. The van der Waals surface area contributed by atoms with Crippen LogP contribution in [0.1, 0.15) is 42.5 Å². The van der Waals surface area contributed by atoms with Crippen molar-refractivity contribution in [2.75, 3.05) is 44.3 Å². The number of hydrogen-bond acceptors (Lipinski definition) is 5. The fourth-order valence-corrected chi connectivity index (χ4v) is 4.64. The van der Waals surface area contributed by atoms with E-state index >= 15 is 0 Å². The summed E-state index contributed by atoms with van der Waals surface area (Å²) in [5, 5.41) is 9.76. The third kappa shape index (κ3) is 3.40. The van der Waals surface area contributed by atoms with Crippen molar-refractivity contribution in [1.82, 2.24) is 9.88 Å². The molecule has 146 valence electrons. The van der Waals surface area contributed by atoms with Crippen molar-refractivity contribution in [2.45, 2.75) is 32.1 Å². The number of carbonyl (C=O) groups is 2. The van der Waals surface area contributed by atoms with Gasteiger partial charge in [-0.2, -0.15) is 0 Å². The molecule has 2 atom stereocenters. The van der Waals surface area contributed by atoms with E-state index in [0.717, 1.165) is 18.9 Å². The fourth-order valence-electron chi connectivity index (χ4n) is 4.64. The summed E-state index contributed by atoms with van der Waals surface area (Å²) in [5.74, 6) is -0.184. The predicted octanol–water partition coefficient (Wildman–Crippen LogP) is 2.03. The van der Waals surface area contributed by atoms with Gasteiger partial charge in [-0.3, -0.25) is 9.59 Å². The first-order valence-corrected chi connectivity index (χ1v) is 9.91. The van der Waals surface area contributed by atoms with E-state index in [0.29, 0.717) is 31.7 Å². The van der Waals surface area contributed by atoms with Gasteiger partial charge in [0.1, 0.15) is 5.82 Å². The van der Waals surface area contributed by atoms with Crippen LogP contribution in [0.2, 0.25) is 0 Å². The Balaban J connectivity index is 1.47. The molecule has 0 spiro atoms. The lowest BCUT2D eigenvalue weighted by atomic mass is 9.74. The number of fused-ring (bicyclic) bond motifs is 1. The summed E-state index contributed by atoms with van der Waals surface area (Å²) in [7, 11) is 0. The molecule has 1 aromatic rings. The Hall–Kier alpha value is -2.15. The molecule has 1 N–H and O–H groups in total. The van der Waals surface area contributed by atoms with E-state index in [4.69, 9.17) is 4.74 Å². The highest BCUT2D eigenvalue weighted by atomic mass is 16.5. The molecule has 1 amide bonds. The maximum Gasteiger partial charge on any atom is 0.311 e. The van der Waals surface area contributed by atoms with Crippen molar-refractivity contribution in [3.05, 3.63) is 23.9 Å². The topological polar surface area (TPSA) is 83.0 Å². The van der Waals surface area contributed by atoms with Gasteiger partial charge in [-0.1, -0.05) is 12.8 Å². The molecule has 7 heteroatoms. The van der Waals surface area contributed by atoms with Crippen LogP contribution >= 0.6 is 0 Å². The molecule has 7 nitrogen and oxygen atoms in total. The van der Waals surface area contributed by atoms with Crippen molar-refractivity contribution in [1.29, 1.82) is 0 Å². The number of anilines is 1. The zero-order valence-electron chi connectivity index (χ0n) is 15.6. The first kappa shape index (κ1) is 18.2. The second-order valence-electron chi connectivity index (χ2n) is 7.98.